The highest BCUT2D eigenvalue weighted by Gasteiger charge is 2.34. The molecular weight excluding hydrogens is 230 g/mol. The summed E-state index contributed by atoms with van der Waals surface area (Å²) in [6, 6.07) is 10.2. The number of benzene rings is 1. The third-order valence-electron chi connectivity index (χ3n) is 3.49. The normalized spacial score (nSPS) is 29.1. The number of nitrogens with zero attached hydrogens (tertiary/aromatic N) is 1. The summed E-state index contributed by atoms with van der Waals surface area (Å²) in [7, 11) is 0. The first kappa shape index (κ1) is 13.1. The van der Waals surface area contributed by atoms with Crippen molar-refractivity contribution in [3.8, 4) is 0 Å². The number of carboxylic acids is 1. The van der Waals surface area contributed by atoms with Gasteiger partial charge in [-0.05, 0) is 19.4 Å². The van der Waals surface area contributed by atoms with Crippen LogP contribution in [0.2, 0.25) is 0 Å². The van der Waals surface area contributed by atoms with Gasteiger partial charge >= 0.3 is 5.97 Å². The van der Waals surface area contributed by atoms with Crippen molar-refractivity contribution < 1.29 is 14.6 Å². The zero-order valence-corrected chi connectivity index (χ0v) is 10.7. The van der Waals surface area contributed by atoms with Gasteiger partial charge in [-0.1, -0.05) is 30.3 Å². The zero-order chi connectivity index (χ0) is 13.1. The molecule has 1 fully saturated rings. The summed E-state index contributed by atoms with van der Waals surface area (Å²) in [5, 5.41) is 8.98. The van der Waals surface area contributed by atoms with Crippen LogP contribution >= 0.6 is 0 Å². The Balaban J connectivity index is 2.17. The van der Waals surface area contributed by atoms with Crippen molar-refractivity contribution in [1.82, 2.24) is 4.90 Å². The molecule has 0 spiro atoms. The minimum Gasteiger partial charge on any atom is -0.480 e. The summed E-state index contributed by atoms with van der Waals surface area (Å²) in [5.41, 5.74) is 1.10. The lowest BCUT2D eigenvalue weighted by Gasteiger charge is -2.43. The molecule has 1 heterocycles. The number of carbonyl (C=O) groups is 1. The highest BCUT2D eigenvalue weighted by molar-refractivity contribution is 5.69. The lowest BCUT2D eigenvalue weighted by Crippen LogP contribution is -2.52. The highest BCUT2D eigenvalue weighted by atomic mass is 16.5. The molecule has 1 aliphatic heterocycles. The summed E-state index contributed by atoms with van der Waals surface area (Å²) >= 11 is 0. The predicted octanol–water partition coefficient (Wildman–Crippen LogP) is 1.92. The predicted molar refractivity (Wildman–Crippen MR) is 68.4 cm³/mol. The first-order valence-electron chi connectivity index (χ1n) is 6.23. The minimum atomic E-state index is -0.789. The van der Waals surface area contributed by atoms with E-state index in [1.165, 1.54) is 0 Å². The largest absolute Gasteiger partial charge is 0.480 e. The van der Waals surface area contributed by atoms with Crippen LogP contribution in [0.3, 0.4) is 0 Å². The van der Waals surface area contributed by atoms with Crippen molar-refractivity contribution >= 4 is 5.97 Å². The van der Waals surface area contributed by atoms with E-state index >= 15 is 0 Å². The minimum absolute atomic E-state index is 0.0539. The van der Waals surface area contributed by atoms with Gasteiger partial charge in [-0.3, -0.25) is 9.69 Å². The lowest BCUT2D eigenvalue weighted by atomic mass is 9.98. The van der Waals surface area contributed by atoms with Gasteiger partial charge in [-0.15, -0.1) is 0 Å². The smallest absolute Gasteiger partial charge is 0.317 e. The highest BCUT2D eigenvalue weighted by Crippen LogP contribution is 2.30. The quantitative estimate of drug-likeness (QED) is 0.889. The van der Waals surface area contributed by atoms with Crippen LogP contribution in [0.4, 0.5) is 0 Å². The summed E-state index contributed by atoms with van der Waals surface area (Å²) in [4.78, 5) is 12.9. The standard InChI is InChI=1S/C14H19NO3/c1-10-9-18-14(12-6-4-3-5-7-12)11(2)15(10)8-13(16)17/h3-7,10-11,14H,8-9H2,1-2H3,(H,16,17)/t10-,11+,14-/m1/s1. The van der Waals surface area contributed by atoms with E-state index < -0.39 is 5.97 Å². The molecule has 1 saturated heterocycles. The lowest BCUT2D eigenvalue weighted by molar-refractivity contribution is -0.146. The second-order valence-electron chi connectivity index (χ2n) is 4.82. The Morgan fingerprint density at radius 3 is 2.67 bits per heavy atom. The number of ether oxygens (including phenoxy) is 1. The molecule has 98 valence electrons. The molecule has 1 aromatic rings. The van der Waals surface area contributed by atoms with Gasteiger partial charge in [0.1, 0.15) is 0 Å². The molecule has 4 heteroatoms. The summed E-state index contributed by atoms with van der Waals surface area (Å²) < 4.78 is 5.87. The molecule has 0 saturated carbocycles. The SMILES string of the molecule is C[C@@H]1CO[C@@H](c2ccccc2)[C@H](C)N1CC(=O)O. The van der Waals surface area contributed by atoms with Crippen molar-refractivity contribution in [2.24, 2.45) is 0 Å². The molecule has 0 amide bonds. The topological polar surface area (TPSA) is 49.8 Å². The Morgan fingerprint density at radius 2 is 2.06 bits per heavy atom. The van der Waals surface area contributed by atoms with Gasteiger partial charge in [-0.2, -0.15) is 0 Å². The van der Waals surface area contributed by atoms with Crippen LogP contribution in [-0.2, 0) is 9.53 Å². The van der Waals surface area contributed by atoms with Crippen molar-refractivity contribution in [2.75, 3.05) is 13.2 Å². The Bertz CT molecular complexity index is 407. The van der Waals surface area contributed by atoms with Gasteiger partial charge in [0.25, 0.3) is 0 Å². The molecule has 18 heavy (non-hydrogen) atoms. The molecule has 3 atom stereocenters. The van der Waals surface area contributed by atoms with E-state index in [-0.39, 0.29) is 24.7 Å². The fourth-order valence-corrected chi connectivity index (χ4v) is 2.53. The molecule has 0 radical (unpaired) electrons. The first-order valence-corrected chi connectivity index (χ1v) is 6.23. The number of hydrogen-bond acceptors (Lipinski definition) is 3. The van der Waals surface area contributed by atoms with Crippen LogP contribution in [-0.4, -0.2) is 41.2 Å². The molecule has 4 nitrogen and oxygen atoms in total. The number of rotatable bonds is 3. The Labute approximate surface area is 107 Å². The maximum atomic E-state index is 10.9. The maximum Gasteiger partial charge on any atom is 0.317 e. The molecule has 1 N–H and O–H groups in total. The van der Waals surface area contributed by atoms with E-state index in [9.17, 15) is 4.79 Å². The molecule has 0 bridgehead atoms. The summed E-state index contributed by atoms with van der Waals surface area (Å²) in [6.45, 7) is 4.66. The molecule has 0 unspecified atom stereocenters. The van der Waals surface area contributed by atoms with Crippen molar-refractivity contribution in [3.63, 3.8) is 0 Å². The molecule has 2 rings (SSSR count). The second-order valence-corrected chi connectivity index (χ2v) is 4.82. The Morgan fingerprint density at radius 1 is 1.39 bits per heavy atom. The molecule has 0 aromatic heterocycles. The number of morpholine rings is 1. The fraction of sp³-hybridized carbons (Fsp3) is 0.500. The Hall–Kier alpha value is -1.39. The Kier molecular flexibility index (Phi) is 3.99. The number of aliphatic carboxylic acids is 1. The van der Waals surface area contributed by atoms with Crippen LogP contribution in [0.1, 0.15) is 25.5 Å². The fourth-order valence-electron chi connectivity index (χ4n) is 2.53. The molecule has 1 aromatic carbocycles. The summed E-state index contributed by atoms with van der Waals surface area (Å²) in [6.07, 6.45) is -0.0539. The van der Waals surface area contributed by atoms with E-state index in [4.69, 9.17) is 9.84 Å². The van der Waals surface area contributed by atoms with Crippen molar-refractivity contribution in [2.45, 2.75) is 32.0 Å². The third kappa shape index (κ3) is 2.71. The third-order valence-corrected chi connectivity index (χ3v) is 3.49. The van der Waals surface area contributed by atoms with E-state index in [2.05, 4.69) is 0 Å². The summed E-state index contributed by atoms with van der Waals surface area (Å²) in [5.74, 6) is -0.789. The average molecular weight is 249 g/mol. The van der Waals surface area contributed by atoms with Crippen LogP contribution in [0, 0.1) is 0 Å². The molecular formula is C14H19NO3. The van der Waals surface area contributed by atoms with E-state index in [0.717, 1.165) is 5.56 Å². The van der Waals surface area contributed by atoms with Gasteiger partial charge in [-0.25, -0.2) is 0 Å². The van der Waals surface area contributed by atoms with Crippen LogP contribution in [0.25, 0.3) is 0 Å². The van der Waals surface area contributed by atoms with Gasteiger partial charge in [0.05, 0.1) is 19.3 Å². The van der Waals surface area contributed by atoms with Crippen molar-refractivity contribution in [3.05, 3.63) is 35.9 Å². The van der Waals surface area contributed by atoms with E-state index in [1.807, 2.05) is 49.1 Å². The number of hydrogen-bond donors (Lipinski definition) is 1. The van der Waals surface area contributed by atoms with E-state index in [1.54, 1.807) is 0 Å². The van der Waals surface area contributed by atoms with Crippen LogP contribution < -0.4 is 0 Å². The van der Waals surface area contributed by atoms with E-state index in [0.29, 0.717) is 6.61 Å². The average Bonchev–Trinajstić information content (AvgIpc) is 2.35. The number of carboxylic acid groups (broad SMARTS) is 1. The van der Waals surface area contributed by atoms with Crippen LogP contribution in [0.5, 0.6) is 0 Å². The molecule has 1 aliphatic rings. The van der Waals surface area contributed by atoms with Gasteiger partial charge in [0.2, 0.25) is 0 Å². The van der Waals surface area contributed by atoms with Gasteiger partial charge in [0.15, 0.2) is 0 Å². The monoisotopic (exact) mass is 249 g/mol. The second kappa shape index (κ2) is 5.50. The van der Waals surface area contributed by atoms with Gasteiger partial charge < -0.3 is 9.84 Å². The maximum absolute atomic E-state index is 10.9. The molecule has 0 aliphatic carbocycles. The zero-order valence-electron chi connectivity index (χ0n) is 10.7. The van der Waals surface area contributed by atoms with Gasteiger partial charge in [0, 0.05) is 12.1 Å². The first-order chi connectivity index (χ1) is 8.59. The van der Waals surface area contributed by atoms with Crippen LogP contribution in [0.15, 0.2) is 30.3 Å². The van der Waals surface area contributed by atoms with Crippen molar-refractivity contribution in [1.29, 1.82) is 0 Å².